The average molecular weight is 324 g/mol. The van der Waals surface area contributed by atoms with E-state index in [-0.39, 0.29) is 48.1 Å². The third-order valence-electron chi connectivity index (χ3n) is 5.63. The first-order valence-corrected chi connectivity index (χ1v) is 8.36. The van der Waals surface area contributed by atoms with Crippen LogP contribution in [0.4, 0.5) is 5.69 Å². The zero-order chi connectivity index (χ0) is 17.0. The number of rotatable bonds is 3. The van der Waals surface area contributed by atoms with Gasteiger partial charge in [0.1, 0.15) is 6.67 Å². The molecule has 1 saturated heterocycles. The van der Waals surface area contributed by atoms with E-state index < -0.39 is 0 Å². The van der Waals surface area contributed by atoms with Gasteiger partial charge in [0.05, 0.1) is 11.8 Å². The van der Waals surface area contributed by atoms with Gasteiger partial charge < -0.3 is 0 Å². The number of aryl methyl sites for hydroxylation is 1. The Labute approximate surface area is 140 Å². The summed E-state index contributed by atoms with van der Waals surface area (Å²) in [4.78, 5) is 40.5. The van der Waals surface area contributed by atoms with E-state index in [0.29, 0.717) is 0 Å². The number of imide groups is 1. The van der Waals surface area contributed by atoms with Gasteiger partial charge >= 0.3 is 0 Å². The predicted molar refractivity (Wildman–Crippen MR) is 88.8 cm³/mol. The number of benzene rings is 1. The highest BCUT2D eigenvalue weighted by atomic mass is 16.2. The maximum Gasteiger partial charge on any atom is 0.235 e. The SMILES string of the molecule is CC(=O)N(CN1C(=O)[C@@H]2[C@H](C1=O)[C@@H]1C=C[C@@H]2C1)c1ccccc1C. The Balaban J connectivity index is 1.62. The monoisotopic (exact) mass is 324 g/mol. The fourth-order valence-corrected chi connectivity index (χ4v) is 4.46. The Hall–Kier alpha value is -2.43. The smallest absolute Gasteiger partial charge is 0.235 e. The van der Waals surface area contributed by atoms with Crippen LogP contribution in [0.25, 0.3) is 0 Å². The van der Waals surface area contributed by atoms with Crippen molar-refractivity contribution in [2.75, 3.05) is 11.6 Å². The maximum atomic E-state index is 12.8. The Morgan fingerprint density at radius 1 is 1.12 bits per heavy atom. The molecule has 124 valence electrons. The molecular weight excluding hydrogens is 304 g/mol. The zero-order valence-electron chi connectivity index (χ0n) is 13.8. The standard InChI is InChI=1S/C19H20N2O3/c1-11-5-3-4-6-15(11)20(12(2)22)10-21-18(23)16-13-7-8-14(9-13)17(16)19(21)24/h3-8,13-14,16-17H,9-10H2,1-2H3/t13-,14-,16-,17+/m1/s1. The van der Waals surface area contributed by atoms with Crippen LogP contribution in [0.1, 0.15) is 18.9 Å². The molecule has 0 radical (unpaired) electrons. The third kappa shape index (κ3) is 2.04. The number of allylic oxidation sites excluding steroid dienone is 2. The number of para-hydroxylation sites is 1. The van der Waals surface area contributed by atoms with E-state index in [2.05, 4.69) is 12.2 Å². The molecule has 5 nitrogen and oxygen atoms in total. The quantitative estimate of drug-likeness (QED) is 0.632. The zero-order valence-corrected chi connectivity index (χ0v) is 13.8. The molecule has 1 aliphatic heterocycles. The van der Waals surface area contributed by atoms with Crippen molar-refractivity contribution in [2.45, 2.75) is 20.3 Å². The summed E-state index contributed by atoms with van der Waals surface area (Å²) in [6.45, 7) is 3.38. The van der Waals surface area contributed by atoms with E-state index >= 15 is 0 Å². The van der Waals surface area contributed by atoms with Gasteiger partial charge in [-0.1, -0.05) is 30.4 Å². The summed E-state index contributed by atoms with van der Waals surface area (Å²) in [6.07, 6.45) is 5.06. The summed E-state index contributed by atoms with van der Waals surface area (Å²) >= 11 is 0. The van der Waals surface area contributed by atoms with Gasteiger partial charge in [0.25, 0.3) is 0 Å². The van der Waals surface area contributed by atoms with Crippen LogP contribution in [0.5, 0.6) is 0 Å². The second kappa shape index (κ2) is 5.30. The van der Waals surface area contributed by atoms with Crippen molar-refractivity contribution in [1.82, 2.24) is 4.90 Å². The molecule has 3 aliphatic rings. The van der Waals surface area contributed by atoms with Gasteiger partial charge in [0, 0.05) is 12.6 Å². The van der Waals surface area contributed by atoms with Gasteiger partial charge in [-0.05, 0) is 36.8 Å². The van der Waals surface area contributed by atoms with Gasteiger partial charge in [-0.3, -0.25) is 24.2 Å². The number of anilines is 1. The molecule has 24 heavy (non-hydrogen) atoms. The maximum absolute atomic E-state index is 12.8. The third-order valence-corrected chi connectivity index (χ3v) is 5.63. The minimum absolute atomic E-state index is 0.00426. The number of hydrogen-bond acceptors (Lipinski definition) is 3. The molecule has 5 heteroatoms. The van der Waals surface area contributed by atoms with Crippen molar-refractivity contribution in [3.05, 3.63) is 42.0 Å². The molecular formula is C19H20N2O3. The highest BCUT2D eigenvalue weighted by Crippen LogP contribution is 2.52. The van der Waals surface area contributed by atoms with Gasteiger partial charge in [0.2, 0.25) is 17.7 Å². The lowest BCUT2D eigenvalue weighted by Gasteiger charge is -2.28. The van der Waals surface area contributed by atoms with Crippen LogP contribution < -0.4 is 4.90 Å². The van der Waals surface area contributed by atoms with E-state index in [1.807, 2.05) is 31.2 Å². The fraction of sp³-hybridized carbons (Fsp3) is 0.421. The Morgan fingerprint density at radius 2 is 1.71 bits per heavy atom. The molecule has 1 heterocycles. The van der Waals surface area contributed by atoms with Crippen LogP contribution in [0.15, 0.2) is 36.4 Å². The lowest BCUT2D eigenvalue weighted by atomic mass is 9.85. The Kier molecular flexibility index (Phi) is 3.34. The first-order valence-electron chi connectivity index (χ1n) is 8.36. The lowest BCUT2D eigenvalue weighted by Crippen LogP contribution is -2.45. The molecule has 1 aromatic rings. The molecule has 0 N–H and O–H groups in total. The van der Waals surface area contributed by atoms with Crippen LogP contribution in [-0.2, 0) is 14.4 Å². The van der Waals surface area contributed by atoms with Crippen LogP contribution in [0.3, 0.4) is 0 Å². The molecule has 4 atom stereocenters. The summed E-state index contributed by atoms with van der Waals surface area (Å²) in [5.41, 5.74) is 1.68. The van der Waals surface area contributed by atoms with Crippen molar-refractivity contribution in [3.8, 4) is 0 Å². The van der Waals surface area contributed by atoms with E-state index in [9.17, 15) is 14.4 Å². The highest BCUT2D eigenvalue weighted by Gasteiger charge is 2.59. The molecule has 1 saturated carbocycles. The summed E-state index contributed by atoms with van der Waals surface area (Å²) in [5.74, 6) is -0.501. The van der Waals surface area contributed by atoms with Crippen LogP contribution in [0, 0.1) is 30.6 Å². The van der Waals surface area contributed by atoms with Crippen LogP contribution >= 0.6 is 0 Å². The second-order valence-corrected chi connectivity index (χ2v) is 6.98. The topological polar surface area (TPSA) is 57.7 Å². The number of carbonyl (C=O) groups is 3. The molecule has 2 fully saturated rings. The molecule has 2 aliphatic carbocycles. The second-order valence-electron chi connectivity index (χ2n) is 6.98. The van der Waals surface area contributed by atoms with Crippen molar-refractivity contribution < 1.29 is 14.4 Å². The number of hydrogen-bond donors (Lipinski definition) is 0. The number of nitrogens with zero attached hydrogens (tertiary/aromatic N) is 2. The van der Waals surface area contributed by atoms with Gasteiger partial charge in [0.15, 0.2) is 0 Å². The average Bonchev–Trinajstić information content (AvgIpc) is 3.22. The summed E-state index contributed by atoms with van der Waals surface area (Å²) in [5, 5.41) is 0. The molecule has 2 bridgehead atoms. The molecule has 3 amide bonds. The highest BCUT2D eigenvalue weighted by molar-refractivity contribution is 6.07. The number of carbonyl (C=O) groups excluding carboxylic acids is 3. The molecule has 1 aromatic carbocycles. The summed E-state index contributed by atoms with van der Waals surface area (Å²) < 4.78 is 0. The Morgan fingerprint density at radius 3 is 2.25 bits per heavy atom. The fourth-order valence-electron chi connectivity index (χ4n) is 4.46. The van der Waals surface area contributed by atoms with E-state index in [0.717, 1.165) is 17.7 Å². The van der Waals surface area contributed by atoms with E-state index in [1.165, 1.54) is 16.7 Å². The van der Waals surface area contributed by atoms with Crippen molar-refractivity contribution in [1.29, 1.82) is 0 Å². The molecule has 4 rings (SSSR count). The Bertz CT molecular complexity index is 740. The number of amides is 3. The number of fused-ring (bicyclic) bond motifs is 5. The van der Waals surface area contributed by atoms with Gasteiger partial charge in [-0.15, -0.1) is 0 Å². The van der Waals surface area contributed by atoms with E-state index in [1.54, 1.807) is 0 Å². The summed E-state index contributed by atoms with van der Waals surface area (Å²) in [7, 11) is 0. The predicted octanol–water partition coefficient (Wildman–Crippen LogP) is 2.11. The van der Waals surface area contributed by atoms with Crippen molar-refractivity contribution in [3.63, 3.8) is 0 Å². The van der Waals surface area contributed by atoms with Crippen LogP contribution in [-0.4, -0.2) is 29.3 Å². The largest absolute Gasteiger partial charge is 0.294 e. The van der Waals surface area contributed by atoms with Gasteiger partial charge in [-0.25, -0.2) is 0 Å². The first kappa shape index (κ1) is 15.1. The molecule has 0 aromatic heterocycles. The molecule has 0 unspecified atom stereocenters. The minimum Gasteiger partial charge on any atom is -0.294 e. The minimum atomic E-state index is -0.224. The summed E-state index contributed by atoms with van der Waals surface area (Å²) in [6, 6.07) is 7.51. The van der Waals surface area contributed by atoms with E-state index in [4.69, 9.17) is 0 Å². The molecule has 0 spiro atoms. The van der Waals surface area contributed by atoms with Gasteiger partial charge in [-0.2, -0.15) is 0 Å². The number of likely N-dealkylation sites (tertiary alicyclic amines) is 1. The normalized spacial score (nSPS) is 30.2. The first-order chi connectivity index (χ1) is 11.5. The van der Waals surface area contributed by atoms with Crippen molar-refractivity contribution in [2.24, 2.45) is 23.7 Å². The van der Waals surface area contributed by atoms with Crippen molar-refractivity contribution >= 4 is 23.4 Å². The lowest BCUT2D eigenvalue weighted by molar-refractivity contribution is -0.140. The van der Waals surface area contributed by atoms with Crippen LogP contribution in [0.2, 0.25) is 0 Å².